The second-order valence-corrected chi connectivity index (χ2v) is 8.46. The zero-order valence-electron chi connectivity index (χ0n) is 15.9. The van der Waals surface area contributed by atoms with Crippen LogP contribution in [0.15, 0.2) is 56.1 Å². The van der Waals surface area contributed by atoms with Crippen LogP contribution in [0.25, 0.3) is 11.0 Å². The highest BCUT2D eigenvalue weighted by Crippen LogP contribution is 2.29. The van der Waals surface area contributed by atoms with Crippen molar-refractivity contribution in [1.29, 1.82) is 0 Å². The van der Waals surface area contributed by atoms with Crippen molar-refractivity contribution in [3.63, 3.8) is 0 Å². The maximum atomic E-state index is 11.7. The maximum absolute atomic E-state index is 11.7. The lowest BCUT2D eigenvalue weighted by Crippen LogP contribution is -2.01. The zero-order valence-corrected chi connectivity index (χ0v) is 18.3. The summed E-state index contributed by atoms with van der Waals surface area (Å²) in [5.74, 6) is 0.686. The van der Waals surface area contributed by atoms with Gasteiger partial charge in [0.1, 0.15) is 17.9 Å². The second-order valence-electron chi connectivity index (χ2n) is 6.48. The van der Waals surface area contributed by atoms with Crippen molar-refractivity contribution in [3.05, 3.63) is 73.5 Å². The molecule has 6 nitrogen and oxygen atoms in total. The van der Waals surface area contributed by atoms with Gasteiger partial charge in [-0.15, -0.1) is 10.2 Å². The van der Waals surface area contributed by atoms with E-state index in [1.165, 1.54) is 17.4 Å². The van der Waals surface area contributed by atoms with Crippen LogP contribution in [-0.2, 0) is 13.0 Å². The summed E-state index contributed by atoms with van der Waals surface area (Å²) in [5, 5.41) is 14.0. The number of nitrogens with one attached hydrogen (secondary N) is 1. The second kappa shape index (κ2) is 8.34. The van der Waals surface area contributed by atoms with Gasteiger partial charge in [0.05, 0.1) is 0 Å². The van der Waals surface area contributed by atoms with Gasteiger partial charge < -0.3 is 14.5 Å². The highest BCUT2D eigenvalue weighted by molar-refractivity contribution is 9.10. The van der Waals surface area contributed by atoms with Crippen molar-refractivity contribution in [2.24, 2.45) is 0 Å². The highest BCUT2D eigenvalue weighted by Gasteiger charge is 2.11. The van der Waals surface area contributed by atoms with E-state index in [-0.39, 0.29) is 12.2 Å². The number of ether oxygens (including phenoxy) is 1. The van der Waals surface area contributed by atoms with Gasteiger partial charge in [-0.25, -0.2) is 4.79 Å². The van der Waals surface area contributed by atoms with Crippen molar-refractivity contribution in [3.8, 4) is 5.75 Å². The fourth-order valence-corrected chi connectivity index (χ4v) is 3.90. The fourth-order valence-electron chi connectivity index (χ4n) is 2.96. The van der Waals surface area contributed by atoms with Gasteiger partial charge in [0, 0.05) is 27.7 Å². The Hall–Kier alpha value is -2.71. The molecule has 4 aromatic rings. The molecular weight excluding hydrogens is 454 g/mol. The smallest absolute Gasteiger partial charge is 0.336 e. The fraction of sp³-hybridized carbons (Fsp3) is 0.190. The normalized spacial score (nSPS) is 11.0. The lowest BCUT2D eigenvalue weighted by molar-refractivity contribution is 0.301. The molecule has 8 heteroatoms. The standard InChI is InChI=1S/C21H18BrN3O3S/c1-3-13-9-16-12(2)8-20(26)28-18(16)10-17(13)27-11-19-24-25-21(29-19)23-15-6-4-14(22)5-7-15/h4-10H,3,11H2,1-2H3,(H,23,25). The number of hydrogen-bond donors (Lipinski definition) is 1. The number of aryl methyl sites for hydroxylation is 2. The van der Waals surface area contributed by atoms with Gasteiger partial charge in [0.15, 0.2) is 5.01 Å². The number of nitrogens with zero attached hydrogens (tertiary/aromatic N) is 2. The Kier molecular flexibility index (Phi) is 5.64. The first-order valence-electron chi connectivity index (χ1n) is 9.07. The van der Waals surface area contributed by atoms with Crippen molar-refractivity contribution < 1.29 is 9.15 Å². The molecule has 0 aliphatic rings. The summed E-state index contributed by atoms with van der Waals surface area (Å²) in [5.41, 5.74) is 3.04. The Morgan fingerprint density at radius 1 is 1.17 bits per heavy atom. The Morgan fingerprint density at radius 2 is 1.97 bits per heavy atom. The summed E-state index contributed by atoms with van der Waals surface area (Å²) in [6, 6.07) is 13.1. The van der Waals surface area contributed by atoms with E-state index in [0.29, 0.717) is 16.5 Å². The molecule has 0 fully saturated rings. The molecule has 0 unspecified atom stereocenters. The van der Waals surface area contributed by atoms with Crippen LogP contribution >= 0.6 is 27.3 Å². The van der Waals surface area contributed by atoms with Crippen LogP contribution in [0.3, 0.4) is 0 Å². The van der Waals surface area contributed by atoms with Crippen LogP contribution in [0.5, 0.6) is 5.75 Å². The van der Waals surface area contributed by atoms with Crippen LogP contribution in [0, 0.1) is 6.92 Å². The first-order chi connectivity index (χ1) is 14.0. The number of halogens is 1. The van der Waals surface area contributed by atoms with Gasteiger partial charge in [-0.05, 0) is 54.8 Å². The molecule has 0 saturated carbocycles. The highest BCUT2D eigenvalue weighted by atomic mass is 79.9. The quantitative estimate of drug-likeness (QED) is 0.368. The van der Waals surface area contributed by atoms with E-state index in [1.807, 2.05) is 37.3 Å². The lowest BCUT2D eigenvalue weighted by Gasteiger charge is -2.11. The average molecular weight is 472 g/mol. The first kappa shape index (κ1) is 19.6. The van der Waals surface area contributed by atoms with Crippen LogP contribution in [-0.4, -0.2) is 10.2 Å². The molecule has 29 heavy (non-hydrogen) atoms. The Morgan fingerprint density at radius 3 is 2.72 bits per heavy atom. The number of aromatic nitrogens is 2. The number of rotatable bonds is 6. The Bertz CT molecular complexity index is 1220. The molecule has 0 spiro atoms. The molecule has 2 heterocycles. The molecule has 0 saturated heterocycles. The third-order valence-corrected chi connectivity index (χ3v) is 5.77. The van der Waals surface area contributed by atoms with Gasteiger partial charge in [-0.1, -0.05) is 34.2 Å². The summed E-state index contributed by atoms with van der Waals surface area (Å²) in [7, 11) is 0. The minimum Gasteiger partial charge on any atom is -0.486 e. The molecule has 0 aliphatic carbocycles. The Balaban J connectivity index is 1.51. The van der Waals surface area contributed by atoms with E-state index in [0.717, 1.165) is 38.1 Å². The van der Waals surface area contributed by atoms with Crippen molar-refractivity contribution >= 4 is 49.1 Å². The molecule has 0 bridgehead atoms. The summed E-state index contributed by atoms with van der Waals surface area (Å²) >= 11 is 4.85. The van der Waals surface area contributed by atoms with Crippen LogP contribution in [0.4, 0.5) is 10.8 Å². The van der Waals surface area contributed by atoms with Gasteiger partial charge in [-0.2, -0.15) is 0 Å². The molecule has 2 aromatic heterocycles. The predicted octanol–water partition coefficient (Wildman–Crippen LogP) is 5.60. The van der Waals surface area contributed by atoms with E-state index in [4.69, 9.17) is 9.15 Å². The number of fused-ring (bicyclic) bond motifs is 1. The van der Waals surface area contributed by atoms with Crippen LogP contribution < -0.4 is 15.7 Å². The largest absolute Gasteiger partial charge is 0.486 e. The van der Waals surface area contributed by atoms with E-state index < -0.39 is 0 Å². The first-order valence-corrected chi connectivity index (χ1v) is 10.7. The minimum absolute atomic E-state index is 0.286. The number of benzene rings is 2. The summed E-state index contributed by atoms with van der Waals surface area (Å²) in [6.45, 7) is 4.25. The van der Waals surface area contributed by atoms with Crippen molar-refractivity contribution in [2.75, 3.05) is 5.32 Å². The number of hydrogen-bond acceptors (Lipinski definition) is 7. The molecule has 0 aliphatic heterocycles. The topological polar surface area (TPSA) is 77.2 Å². The van der Waals surface area contributed by atoms with Crippen LogP contribution in [0.1, 0.15) is 23.1 Å². The predicted molar refractivity (Wildman–Crippen MR) is 118 cm³/mol. The van der Waals surface area contributed by atoms with E-state index in [9.17, 15) is 4.79 Å². The van der Waals surface area contributed by atoms with Gasteiger partial charge in [0.25, 0.3) is 0 Å². The third kappa shape index (κ3) is 4.49. The molecule has 1 N–H and O–H groups in total. The Labute approximate surface area is 179 Å². The monoisotopic (exact) mass is 471 g/mol. The van der Waals surface area contributed by atoms with Gasteiger partial charge >= 0.3 is 5.63 Å². The third-order valence-electron chi connectivity index (χ3n) is 4.43. The molecule has 148 valence electrons. The van der Waals surface area contributed by atoms with Crippen LogP contribution in [0.2, 0.25) is 0 Å². The minimum atomic E-state index is -0.363. The van der Waals surface area contributed by atoms with Crippen molar-refractivity contribution in [1.82, 2.24) is 10.2 Å². The molecule has 4 rings (SSSR count). The molecule has 0 radical (unpaired) electrons. The van der Waals surface area contributed by atoms with E-state index >= 15 is 0 Å². The molecule has 0 amide bonds. The SMILES string of the molecule is CCc1cc2c(C)cc(=O)oc2cc1OCc1nnc(Nc2ccc(Br)cc2)s1. The van der Waals surface area contributed by atoms with E-state index in [2.05, 4.69) is 38.4 Å². The van der Waals surface area contributed by atoms with Gasteiger partial charge in [0.2, 0.25) is 5.13 Å². The molecule has 2 aromatic carbocycles. The molecule has 0 atom stereocenters. The maximum Gasteiger partial charge on any atom is 0.336 e. The zero-order chi connectivity index (χ0) is 20.4. The molecular formula is C21H18BrN3O3S. The average Bonchev–Trinajstić information content (AvgIpc) is 3.14. The number of anilines is 2. The lowest BCUT2D eigenvalue weighted by atomic mass is 10.1. The summed E-state index contributed by atoms with van der Waals surface area (Å²) in [4.78, 5) is 11.7. The van der Waals surface area contributed by atoms with Crippen molar-refractivity contribution in [2.45, 2.75) is 26.9 Å². The van der Waals surface area contributed by atoms with E-state index in [1.54, 1.807) is 6.07 Å². The summed E-state index contributed by atoms with van der Waals surface area (Å²) in [6.07, 6.45) is 0.802. The van der Waals surface area contributed by atoms with Gasteiger partial charge in [-0.3, -0.25) is 0 Å². The summed E-state index contributed by atoms with van der Waals surface area (Å²) < 4.78 is 12.3.